The van der Waals surface area contributed by atoms with E-state index in [1.165, 1.54) is 12.8 Å². The van der Waals surface area contributed by atoms with E-state index in [-0.39, 0.29) is 19.4 Å². The minimum absolute atomic E-state index is 0.160. The Hall–Kier alpha value is -3.09. The van der Waals surface area contributed by atoms with Crippen molar-refractivity contribution in [2.45, 2.75) is 185 Å². The second-order valence-electron chi connectivity index (χ2n) is 14.1. The van der Waals surface area contributed by atoms with Gasteiger partial charge in [-0.15, -0.1) is 0 Å². The molecule has 0 amide bonds. The van der Waals surface area contributed by atoms with Gasteiger partial charge in [-0.05, 0) is 70.6 Å². The number of hydrogen-bond donors (Lipinski definition) is 4. The van der Waals surface area contributed by atoms with Crippen LogP contribution in [-0.2, 0) is 33.3 Å². The van der Waals surface area contributed by atoms with Crippen LogP contribution in [0, 0.1) is 0 Å². The van der Waals surface area contributed by atoms with Crippen LogP contribution in [0.4, 0.5) is 0 Å². The summed E-state index contributed by atoms with van der Waals surface area (Å²) >= 11 is 0. The number of aliphatic hydroxyl groups is 3. The van der Waals surface area contributed by atoms with Crippen LogP contribution >= 0.6 is 0 Å². The largest absolute Gasteiger partial charge is 0.479 e. The van der Waals surface area contributed by atoms with Gasteiger partial charge in [-0.25, -0.2) is 4.79 Å². The summed E-state index contributed by atoms with van der Waals surface area (Å²) in [6.07, 6.45) is 31.3. The van der Waals surface area contributed by atoms with Crippen LogP contribution in [-0.4, -0.2) is 88.4 Å². The van der Waals surface area contributed by atoms with Crippen LogP contribution in [0.15, 0.2) is 60.8 Å². The van der Waals surface area contributed by atoms with Crippen LogP contribution in [0.5, 0.6) is 0 Å². The lowest BCUT2D eigenvalue weighted by molar-refractivity contribution is -0.298. The molecule has 6 unspecified atom stereocenters. The average molecular weight is 777 g/mol. The van der Waals surface area contributed by atoms with Crippen molar-refractivity contribution in [2.24, 2.45) is 0 Å². The molecule has 1 fully saturated rings. The third kappa shape index (κ3) is 26.4. The molecule has 4 N–H and O–H groups in total. The Kier molecular flexibility index (Phi) is 31.0. The van der Waals surface area contributed by atoms with Crippen molar-refractivity contribution in [1.82, 2.24) is 0 Å². The van der Waals surface area contributed by atoms with Crippen LogP contribution < -0.4 is 0 Å². The molecule has 314 valence electrons. The Bertz CT molecular complexity index is 1140. The summed E-state index contributed by atoms with van der Waals surface area (Å²) in [7, 11) is 0. The Balaban J connectivity index is 2.43. The Labute approximate surface area is 330 Å². The van der Waals surface area contributed by atoms with Crippen LogP contribution in [0.3, 0.4) is 0 Å². The Morgan fingerprint density at radius 3 is 1.62 bits per heavy atom. The molecule has 6 atom stereocenters. The quantitative estimate of drug-likeness (QED) is 0.0287. The number of carbonyl (C=O) groups is 3. The molecule has 1 heterocycles. The Morgan fingerprint density at radius 2 is 1.07 bits per heavy atom. The average Bonchev–Trinajstić information content (AvgIpc) is 3.17. The first kappa shape index (κ1) is 49.9. The third-order valence-electron chi connectivity index (χ3n) is 9.10. The summed E-state index contributed by atoms with van der Waals surface area (Å²) in [6, 6.07) is 0. The first-order valence-electron chi connectivity index (χ1n) is 20.8. The van der Waals surface area contributed by atoms with Crippen LogP contribution in [0.1, 0.15) is 149 Å². The number of carbonyl (C=O) groups excluding carboxylic acids is 2. The van der Waals surface area contributed by atoms with Crippen LogP contribution in [0.2, 0.25) is 0 Å². The summed E-state index contributed by atoms with van der Waals surface area (Å²) in [5, 5.41) is 39.7. The van der Waals surface area contributed by atoms with E-state index in [0.29, 0.717) is 12.8 Å². The highest BCUT2D eigenvalue weighted by Crippen LogP contribution is 2.23. The lowest BCUT2D eigenvalue weighted by Gasteiger charge is -2.38. The first-order chi connectivity index (χ1) is 26.7. The van der Waals surface area contributed by atoms with Gasteiger partial charge in [0.25, 0.3) is 0 Å². The highest BCUT2D eigenvalue weighted by Gasteiger charge is 2.47. The minimum atomic E-state index is -1.87. The fourth-order valence-corrected chi connectivity index (χ4v) is 5.79. The van der Waals surface area contributed by atoms with Gasteiger partial charge in [0.1, 0.15) is 24.9 Å². The van der Waals surface area contributed by atoms with E-state index < -0.39 is 61.3 Å². The number of ether oxygens (including phenoxy) is 4. The van der Waals surface area contributed by atoms with Crippen molar-refractivity contribution in [1.29, 1.82) is 0 Å². The number of esters is 2. The highest BCUT2D eigenvalue weighted by molar-refractivity contribution is 5.73. The molecular weight excluding hydrogens is 704 g/mol. The second-order valence-corrected chi connectivity index (χ2v) is 14.1. The van der Waals surface area contributed by atoms with E-state index >= 15 is 0 Å². The lowest BCUT2D eigenvalue weighted by Crippen LogP contribution is -2.60. The first-order valence-corrected chi connectivity index (χ1v) is 20.8. The summed E-state index contributed by atoms with van der Waals surface area (Å²) in [4.78, 5) is 36.7. The topological polar surface area (TPSA) is 169 Å². The summed E-state index contributed by atoms with van der Waals surface area (Å²) in [5.74, 6) is -2.49. The van der Waals surface area contributed by atoms with Gasteiger partial charge in [-0.3, -0.25) is 9.59 Å². The Morgan fingerprint density at radius 1 is 0.582 bits per heavy atom. The second kappa shape index (κ2) is 34.2. The van der Waals surface area contributed by atoms with Gasteiger partial charge in [0, 0.05) is 12.8 Å². The van der Waals surface area contributed by atoms with Crippen LogP contribution in [0.25, 0.3) is 0 Å². The van der Waals surface area contributed by atoms with Crippen molar-refractivity contribution in [3.05, 3.63) is 60.8 Å². The van der Waals surface area contributed by atoms with E-state index in [9.17, 15) is 34.8 Å². The van der Waals surface area contributed by atoms with Gasteiger partial charge in [0.05, 0.1) is 6.61 Å². The predicted octanol–water partition coefficient (Wildman–Crippen LogP) is 8.36. The molecule has 55 heavy (non-hydrogen) atoms. The molecule has 1 rings (SSSR count). The molecule has 0 aliphatic carbocycles. The lowest BCUT2D eigenvalue weighted by atomic mass is 9.99. The molecule has 11 heteroatoms. The van der Waals surface area contributed by atoms with Crippen molar-refractivity contribution in [3.63, 3.8) is 0 Å². The smallest absolute Gasteiger partial charge is 0.335 e. The van der Waals surface area contributed by atoms with Gasteiger partial charge in [-0.1, -0.05) is 126 Å². The van der Waals surface area contributed by atoms with Gasteiger partial charge in [0.15, 0.2) is 18.5 Å². The predicted molar refractivity (Wildman–Crippen MR) is 215 cm³/mol. The van der Waals surface area contributed by atoms with Gasteiger partial charge < -0.3 is 39.4 Å². The zero-order chi connectivity index (χ0) is 40.4. The molecule has 0 radical (unpaired) electrons. The molecule has 0 bridgehead atoms. The number of carboxylic acids is 1. The fraction of sp³-hybridized carbons (Fsp3) is 0.705. The third-order valence-corrected chi connectivity index (χ3v) is 9.10. The number of rotatable bonds is 33. The molecule has 11 nitrogen and oxygen atoms in total. The zero-order valence-corrected chi connectivity index (χ0v) is 33.6. The number of aliphatic carboxylic acids is 1. The molecule has 1 saturated heterocycles. The van der Waals surface area contributed by atoms with Gasteiger partial charge >= 0.3 is 17.9 Å². The van der Waals surface area contributed by atoms with Crippen molar-refractivity contribution < 1.29 is 53.8 Å². The summed E-state index contributed by atoms with van der Waals surface area (Å²) in [5.41, 5.74) is 0. The van der Waals surface area contributed by atoms with E-state index in [1.807, 2.05) is 0 Å². The molecule has 0 spiro atoms. The van der Waals surface area contributed by atoms with E-state index in [0.717, 1.165) is 96.3 Å². The minimum Gasteiger partial charge on any atom is -0.479 e. The normalized spacial score (nSPS) is 21.1. The number of unbranched alkanes of at least 4 members (excludes halogenated alkanes) is 12. The summed E-state index contributed by atoms with van der Waals surface area (Å²) < 4.78 is 21.7. The van der Waals surface area contributed by atoms with Crippen molar-refractivity contribution in [3.8, 4) is 0 Å². The van der Waals surface area contributed by atoms with E-state index in [1.54, 1.807) is 0 Å². The molecule has 1 aliphatic heterocycles. The summed E-state index contributed by atoms with van der Waals surface area (Å²) in [6.45, 7) is 3.61. The number of hydrogen-bond acceptors (Lipinski definition) is 10. The maximum Gasteiger partial charge on any atom is 0.335 e. The molecule has 0 saturated carbocycles. The van der Waals surface area contributed by atoms with Gasteiger partial charge in [0.2, 0.25) is 0 Å². The van der Waals surface area contributed by atoms with Gasteiger partial charge in [-0.2, -0.15) is 0 Å². The SMILES string of the molecule is CC/C=C\C/C=C\C/C=C\CCCCCCCC(=O)OCC(COC1OC(C(=O)O)C(O)C(O)C1O)OC(=O)CCCCCCC/C=C\C/C=C\CCCC. The van der Waals surface area contributed by atoms with Crippen molar-refractivity contribution >= 4 is 17.9 Å². The number of aliphatic hydroxyl groups excluding tert-OH is 3. The number of carboxylic acid groups (broad SMARTS) is 1. The van der Waals surface area contributed by atoms with Crippen molar-refractivity contribution in [2.75, 3.05) is 13.2 Å². The number of allylic oxidation sites excluding steroid dienone is 10. The monoisotopic (exact) mass is 777 g/mol. The maximum atomic E-state index is 12.7. The maximum absolute atomic E-state index is 12.7. The standard InChI is InChI=1S/C44H72O11/c1-3-5-7-9-11-13-15-17-19-21-22-24-26-28-30-32-37(45)52-34-36(35-53-44-41(49)39(47)40(48)42(55-44)43(50)51)54-38(46)33-31-29-27-25-23-20-18-16-14-12-10-8-6-4-2/h5,7,10-13,16-19,36,39-42,44,47-49H,3-4,6,8-9,14-15,20-35H2,1-2H3,(H,50,51)/b7-5-,12-10-,13-11-,18-16-,19-17-. The molecule has 0 aromatic carbocycles. The zero-order valence-electron chi connectivity index (χ0n) is 33.6. The highest BCUT2D eigenvalue weighted by atomic mass is 16.7. The fourth-order valence-electron chi connectivity index (χ4n) is 5.79. The molecule has 0 aromatic heterocycles. The molecule has 0 aromatic rings. The molecular formula is C44H72O11. The van der Waals surface area contributed by atoms with E-state index in [4.69, 9.17) is 18.9 Å². The van der Waals surface area contributed by atoms with E-state index in [2.05, 4.69) is 74.6 Å². The molecule has 1 aliphatic rings.